The Hall–Kier alpha value is -1.88. The number of carbonyl (C=O) groups excluding carboxylic acids is 1. The SMILES string of the molecule is CC1CN(C(=O)Cc2cn3ccccc3n2)CCN1. The number of carbonyl (C=O) groups is 1. The van der Waals surface area contributed by atoms with E-state index in [2.05, 4.69) is 17.2 Å². The van der Waals surface area contributed by atoms with E-state index in [0.29, 0.717) is 12.5 Å². The fourth-order valence-corrected chi connectivity index (χ4v) is 2.50. The van der Waals surface area contributed by atoms with Gasteiger partial charge in [0.1, 0.15) is 5.65 Å². The summed E-state index contributed by atoms with van der Waals surface area (Å²) in [4.78, 5) is 18.6. The Morgan fingerprint density at radius 2 is 2.42 bits per heavy atom. The molecule has 5 nitrogen and oxygen atoms in total. The largest absolute Gasteiger partial charge is 0.340 e. The second-order valence-electron chi connectivity index (χ2n) is 5.07. The fourth-order valence-electron chi connectivity index (χ4n) is 2.50. The van der Waals surface area contributed by atoms with Gasteiger partial charge in [0.15, 0.2) is 0 Å². The Bertz CT molecular complexity index is 559. The molecule has 0 saturated carbocycles. The van der Waals surface area contributed by atoms with E-state index in [4.69, 9.17) is 0 Å². The first-order valence-electron chi connectivity index (χ1n) is 6.66. The van der Waals surface area contributed by atoms with Crippen LogP contribution in [0.15, 0.2) is 30.6 Å². The molecule has 1 atom stereocenters. The summed E-state index contributed by atoms with van der Waals surface area (Å²) in [5.74, 6) is 0.164. The first-order chi connectivity index (χ1) is 9.22. The molecule has 3 rings (SSSR count). The summed E-state index contributed by atoms with van der Waals surface area (Å²) in [6.45, 7) is 4.55. The molecule has 0 aliphatic carbocycles. The molecule has 1 aliphatic heterocycles. The summed E-state index contributed by atoms with van der Waals surface area (Å²) in [5.41, 5.74) is 1.72. The van der Waals surface area contributed by atoms with Crippen LogP contribution in [0, 0.1) is 0 Å². The Kier molecular flexibility index (Phi) is 3.21. The van der Waals surface area contributed by atoms with Crippen LogP contribution in [0.25, 0.3) is 5.65 Å². The highest BCUT2D eigenvalue weighted by atomic mass is 16.2. The van der Waals surface area contributed by atoms with Gasteiger partial charge in [-0.3, -0.25) is 4.79 Å². The Morgan fingerprint density at radius 3 is 3.21 bits per heavy atom. The van der Waals surface area contributed by atoms with Crippen molar-refractivity contribution in [3.8, 4) is 0 Å². The Balaban J connectivity index is 1.71. The number of imidazole rings is 1. The van der Waals surface area contributed by atoms with E-state index in [1.165, 1.54) is 0 Å². The van der Waals surface area contributed by atoms with Gasteiger partial charge >= 0.3 is 0 Å². The van der Waals surface area contributed by atoms with Gasteiger partial charge in [0, 0.05) is 38.1 Å². The summed E-state index contributed by atoms with van der Waals surface area (Å²) in [6, 6.07) is 6.23. The number of amides is 1. The summed E-state index contributed by atoms with van der Waals surface area (Å²) in [7, 11) is 0. The van der Waals surface area contributed by atoms with Crippen molar-refractivity contribution in [3.63, 3.8) is 0 Å². The number of rotatable bonds is 2. The maximum absolute atomic E-state index is 12.2. The van der Waals surface area contributed by atoms with Crippen molar-refractivity contribution in [2.45, 2.75) is 19.4 Å². The van der Waals surface area contributed by atoms with Crippen LogP contribution in [0.5, 0.6) is 0 Å². The smallest absolute Gasteiger partial charge is 0.228 e. The maximum Gasteiger partial charge on any atom is 0.228 e. The third-order valence-electron chi connectivity index (χ3n) is 3.47. The molecule has 2 aromatic heterocycles. The molecule has 19 heavy (non-hydrogen) atoms. The van der Waals surface area contributed by atoms with Gasteiger partial charge in [-0.2, -0.15) is 0 Å². The molecule has 3 heterocycles. The van der Waals surface area contributed by atoms with Crippen molar-refractivity contribution in [3.05, 3.63) is 36.3 Å². The number of pyridine rings is 1. The molecular weight excluding hydrogens is 240 g/mol. The molecule has 0 bridgehead atoms. The minimum atomic E-state index is 0.164. The van der Waals surface area contributed by atoms with Crippen LogP contribution >= 0.6 is 0 Å². The molecule has 5 heteroatoms. The molecule has 2 aromatic rings. The predicted octanol–water partition coefficient (Wildman–Crippen LogP) is 0.697. The lowest BCUT2D eigenvalue weighted by molar-refractivity contribution is -0.131. The molecule has 1 saturated heterocycles. The van der Waals surface area contributed by atoms with Crippen LogP contribution in [-0.4, -0.2) is 45.9 Å². The Morgan fingerprint density at radius 1 is 1.53 bits per heavy atom. The molecule has 0 aromatic carbocycles. The van der Waals surface area contributed by atoms with Crippen LogP contribution in [0.1, 0.15) is 12.6 Å². The van der Waals surface area contributed by atoms with Crippen LogP contribution in [0.2, 0.25) is 0 Å². The van der Waals surface area contributed by atoms with Gasteiger partial charge in [-0.15, -0.1) is 0 Å². The van der Waals surface area contributed by atoms with Crippen LogP contribution in [0.4, 0.5) is 0 Å². The average Bonchev–Trinajstić information content (AvgIpc) is 2.80. The second-order valence-corrected chi connectivity index (χ2v) is 5.07. The minimum absolute atomic E-state index is 0.164. The van der Waals surface area contributed by atoms with E-state index in [9.17, 15) is 4.79 Å². The van der Waals surface area contributed by atoms with Gasteiger partial charge < -0.3 is 14.6 Å². The van der Waals surface area contributed by atoms with E-state index < -0.39 is 0 Å². The first-order valence-corrected chi connectivity index (χ1v) is 6.66. The lowest BCUT2D eigenvalue weighted by Crippen LogP contribution is -2.51. The van der Waals surface area contributed by atoms with Crippen molar-refractivity contribution in [1.29, 1.82) is 0 Å². The number of nitrogens with zero attached hydrogens (tertiary/aromatic N) is 3. The average molecular weight is 258 g/mol. The number of fused-ring (bicyclic) bond motifs is 1. The molecule has 1 unspecified atom stereocenters. The van der Waals surface area contributed by atoms with E-state index in [1.54, 1.807) is 0 Å². The highest BCUT2D eigenvalue weighted by molar-refractivity contribution is 5.78. The molecule has 100 valence electrons. The minimum Gasteiger partial charge on any atom is -0.340 e. The molecule has 1 aliphatic rings. The van der Waals surface area contributed by atoms with Crippen LogP contribution < -0.4 is 5.32 Å². The zero-order chi connectivity index (χ0) is 13.2. The summed E-state index contributed by atoms with van der Waals surface area (Å²) >= 11 is 0. The van der Waals surface area contributed by atoms with E-state index in [0.717, 1.165) is 31.0 Å². The quantitative estimate of drug-likeness (QED) is 0.862. The number of piperazine rings is 1. The van der Waals surface area contributed by atoms with Crippen molar-refractivity contribution in [1.82, 2.24) is 19.6 Å². The van der Waals surface area contributed by atoms with Crippen LogP contribution in [-0.2, 0) is 11.2 Å². The highest BCUT2D eigenvalue weighted by Gasteiger charge is 2.21. The normalized spacial score (nSPS) is 19.8. The molecular formula is C14H18N4O. The second kappa shape index (κ2) is 5.01. The lowest BCUT2D eigenvalue weighted by Gasteiger charge is -2.31. The summed E-state index contributed by atoms with van der Waals surface area (Å²) in [5, 5.41) is 3.34. The van der Waals surface area contributed by atoms with Gasteiger partial charge in [-0.05, 0) is 19.1 Å². The van der Waals surface area contributed by atoms with E-state index in [-0.39, 0.29) is 5.91 Å². The first kappa shape index (κ1) is 12.2. The Labute approximate surface area is 112 Å². The molecule has 1 amide bonds. The van der Waals surface area contributed by atoms with Gasteiger partial charge in [-0.25, -0.2) is 4.98 Å². The third-order valence-corrected chi connectivity index (χ3v) is 3.47. The van der Waals surface area contributed by atoms with E-state index >= 15 is 0 Å². The zero-order valence-electron chi connectivity index (χ0n) is 11.0. The summed E-state index contributed by atoms with van der Waals surface area (Å²) < 4.78 is 1.95. The van der Waals surface area contributed by atoms with Gasteiger partial charge in [0.05, 0.1) is 12.1 Å². The monoisotopic (exact) mass is 258 g/mol. The van der Waals surface area contributed by atoms with Gasteiger partial charge in [0.25, 0.3) is 0 Å². The molecule has 0 spiro atoms. The van der Waals surface area contributed by atoms with Crippen molar-refractivity contribution < 1.29 is 4.79 Å². The number of hydrogen-bond donors (Lipinski definition) is 1. The van der Waals surface area contributed by atoms with Crippen molar-refractivity contribution in [2.75, 3.05) is 19.6 Å². The van der Waals surface area contributed by atoms with Crippen molar-refractivity contribution >= 4 is 11.6 Å². The lowest BCUT2D eigenvalue weighted by atomic mass is 10.2. The highest BCUT2D eigenvalue weighted by Crippen LogP contribution is 2.08. The van der Waals surface area contributed by atoms with Gasteiger partial charge in [-0.1, -0.05) is 6.07 Å². The fraction of sp³-hybridized carbons (Fsp3) is 0.429. The molecule has 0 radical (unpaired) electrons. The molecule has 1 N–H and O–H groups in total. The predicted molar refractivity (Wildman–Crippen MR) is 72.9 cm³/mol. The van der Waals surface area contributed by atoms with Gasteiger partial charge in [0.2, 0.25) is 5.91 Å². The van der Waals surface area contributed by atoms with E-state index in [1.807, 2.05) is 39.9 Å². The maximum atomic E-state index is 12.2. The number of nitrogens with one attached hydrogen (secondary N) is 1. The van der Waals surface area contributed by atoms with Crippen molar-refractivity contribution in [2.24, 2.45) is 0 Å². The van der Waals surface area contributed by atoms with Crippen LogP contribution in [0.3, 0.4) is 0 Å². The molecule has 1 fully saturated rings. The topological polar surface area (TPSA) is 49.6 Å². The number of aromatic nitrogens is 2. The summed E-state index contributed by atoms with van der Waals surface area (Å²) in [6.07, 6.45) is 4.26. The third kappa shape index (κ3) is 2.61. The standard InChI is InChI=1S/C14H18N4O/c1-11-9-18(7-5-15-11)14(19)8-12-10-17-6-3-2-4-13(17)16-12/h2-4,6,10-11,15H,5,7-9H2,1H3. The number of hydrogen-bond acceptors (Lipinski definition) is 3. The zero-order valence-corrected chi connectivity index (χ0v) is 11.0.